The number of sulfonamides is 1. The Balaban J connectivity index is 1.42. The van der Waals surface area contributed by atoms with Crippen LogP contribution in [0.5, 0.6) is 0 Å². The van der Waals surface area contributed by atoms with E-state index in [0.717, 1.165) is 6.07 Å². The Morgan fingerprint density at radius 1 is 1.08 bits per heavy atom. The number of halogens is 3. The number of aromatic nitrogens is 1. The number of piperidine rings is 1. The fraction of sp³-hybridized carbons (Fsp3) is 0.250. The molecule has 2 atom stereocenters. The van der Waals surface area contributed by atoms with Gasteiger partial charge in [-0.3, -0.25) is 4.79 Å². The van der Waals surface area contributed by atoms with Gasteiger partial charge in [-0.15, -0.1) is 0 Å². The fourth-order valence-electron chi connectivity index (χ4n) is 3.95. The number of amides is 1. The number of nitrogens with one attached hydrogen (secondary N) is 1. The zero-order valence-corrected chi connectivity index (χ0v) is 19.6. The maximum atomic E-state index is 13.1. The summed E-state index contributed by atoms with van der Waals surface area (Å²) in [5.74, 6) is -0.416. The van der Waals surface area contributed by atoms with Crippen molar-refractivity contribution in [2.24, 2.45) is 5.73 Å². The Morgan fingerprint density at radius 2 is 1.81 bits per heavy atom. The molecule has 12 heteroatoms. The quantitative estimate of drug-likeness (QED) is 0.459. The number of anilines is 1. The van der Waals surface area contributed by atoms with E-state index in [0.29, 0.717) is 22.9 Å². The molecular formula is C24H23F3N4O4S. The monoisotopic (exact) mass is 520 g/mol. The van der Waals surface area contributed by atoms with Crippen LogP contribution >= 0.6 is 0 Å². The van der Waals surface area contributed by atoms with Gasteiger partial charge in [0.15, 0.2) is 0 Å². The molecule has 1 fully saturated rings. The molecule has 1 aromatic heterocycles. The van der Waals surface area contributed by atoms with Crippen molar-refractivity contribution < 1.29 is 31.5 Å². The molecule has 0 spiro atoms. The van der Waals surface area contributed by atoms with Crippen LogP contribution in [0.15, 0.2) is 71.8 Å². The number of rotatable bonds is 6. The molecule has 0 saturated carbocycles. The van der Waals surface area contributed by atoms with Gasteiger partial charge in [0.05, 0.1) is 22.6 Å². The number of nitrogens with zero attached hydrogens (tertiary/aromatic N) is 2. The summed E-state index contributed by atoms with van der Waals surface area (Å²) in [5.41, 5.74) is 6.16. The normalized spacial score (nSPS) is 19.1. The Labute approximate surface area is 205 Å². The molecule has 8 nitrogen and oxygen atoms in total. The van der Waals surface area contributed by atoms with Crippen molar-refractivity contribution in [3.05, 3.63) is 78.0 Å². The fourth-order valence-corrected chi connectivity index (χ4v) is 5.42. The van der Waals surface area contributed by atoms with Crippen molar-refractivity contribution in [3.63, 3.8) is 0 Å². The number of nitrogens with two attached hydrogens (primary N) is 1. The lowest BCUT2D eigenvalue weighted by Gasteiger charge is -2.35. The molecule has 0 radical (unpaired) electrons. The average molecular weight is 521 g/mol. The molecule has 4 rings (SSSR count). The highest BCUT2D eigenvalue weighted by Crippen LogP contribution is 2.30. The van der Waals surface area contributed by atoms with Gasteiger partial charge in [-0.2, -0.15) is 17.5 Å². The number of β-amino-alcohol motifs (C(OH)–C–C–N with tert-alkyl or cyclic N) is 1. The molecule has 1 aliphatic heterocycles. The first-order valence-electron chi connectivity index (χ1n) is 10.9. The minimum Gasteiger partial charge on any atom is -0.390 e. The Hall–Kier alpha value is -3.48. The number of alkyl halides is 3. The number of aliphatic hydroxyl groups excluding tert-OH is 1. The molecule has 0 bridgehead atoms. The standard InChI is InChI=1S/C24H23F3N4O4S/c25-24(26,27)18-6-9-22(29-13-18)30-20-10-11-31(14-21(20)32)36(34,35)19-7-4-15(5-8-19)16-2-1-3-17(12-16)23(28)33/h1-9,12-13,20-21,32H,10-11,14H2,(H2,28,33)(H,29,30)/t20-,21+/m1/s1. The molecule has 1 saturated heterocycles. The number of carbonyl (C=O) groups is 1. The third-order valence-corrected chi connectivity index (χ3v) is 7.82. The lowest BCUT2D eigenvalue weighted by atomic mass is 10.0. The van der Waals surface area contributed by atoms with Crippen LogP contribution < -0.4 is 11.1 Å². The van der Waals surface area contributed by atoms with Gasteiger partial charge in [0.1, 0.15) is 5.82 Å². The second-order valence-electron chi connectivity index (χ2n) is 8.37. The van der Waals surface area contributed by atoms with E-state index in [2.05, 4.69) is 10.3 Å². The number of carbonyl (C=O) groups excluding carboxylic acids is 1. The summed E-state index contributed by atoms with van der Waals surface area (Å²) in [6.07, 6.45) is -4.69. The van der Waals surface area contributed by atoms with Crippen LogP contribution in [0.2, 0.25) is 0 Å². The van der Waals surface area contributed by atoms with Gasteiger partial charge in [0.25, 0.3) is 0 Å². The van der Waals surface area contributed by atoms with Crippen LogP contribution in [-0.4, -0.2) is 54.0 Å². The highest BCUT2D eigenvalue weighted by atomic mass is 32.2. The van der Waals surface area contributed by atoms with E-state index in [1.165, 1.54) is 22.5 Å². The van der Waals surface area contributed by atoms with Crippen LogP contribution in [0.4, 0.5) is 19.0 Å². The van der Waals surface area contributed by atoms with Crippen molar-refractivity contribution in [1.29, 1.82) is 0 Å². The van der Waals surface area contributed by atoms with Gasteiger partial charge in [-0.25, -0.2) is 13.4 Å². The van der Waals surface area contributed by atoms with Gasteiger partial charge in [0, 0.05) is 24.8 Å². The van der Waals surface area contributed by atoms with Gasteiger partial charge in [-0.1, -0.05) is 24.3 Å². The summed E-state index contributed by atoms with van der Waals surface area (Å²) in [6.45, 7) is -0.0941. The van der Waals surface area contributed by atoms with Crippen molar-refractivity contribution in [2.45, 2.75) is 29.6 Å². The van der Waals surface area contributed by atoms with Crippen molar-refractivity contribution >= 4 is 21.7 Å². The molecule has 36 heavy (non-hydrogen) atoms. The molecule has 190 valence electrons. The van der Waals surface area contributed by atoms with E-state index in [1.807, 2.05) is 0 Å². The van der Waals surface area contributed by atoms with Crippen molar-refractivity contribution in [2.75, 3.05) is 18.4 Å². The molecular weight excluding hydrogens is 497 g/mol. The van der Waals surface area contributed by atoms with Crippen LogP contribution in [0.1, 0.15) is 22.3 Å². The highest BCUT2D eigenvalue weighted by molar-refractivity contribution is 7.89. The second kappa shape index (κ2) is 9.88. The Kier molecular flexibility index (Phi) is 7.03. The minimum absolute atomic E-state index is 0.0420. The lowest BCUT2D eigenvalue weighted by molar-refractivity contribution is -0.137. The highest BCUT2D eigenvalue weighted by Gasteiger charge is 2.35. The third-order valence-electron chi connectivity index (χ3n) is 5.94. The molecule has 3 aromatic rings. The van der Waals surface area contributed by atoms with Gasteiger partial charge in [-0.05, 0) is 53.9 Å². The molecule has 2 heterocycles. The first kappa shape index (κ1) is 25.6. The number of aliphatic hydroxyl groups is 1. The summed E-state index contributed by atoms with van der Waals surface area (Å²) in [4.78, 5) is 15.2. The second-order valence-corrected chi connectivity index (χ2v) is 10.3. The van der Waals surface area contributed by atoms with Crippen LogP contribution in [0, 0.1) is 0 Å². The Bertz CT molecular complexity index is 1350. The third kappa shape index (κ3) is 5.50. The summed E-state index contributed by atoms with van der Waals surface area (Å²) < 4.78 is 65.6. The van der Waals surface area contributed by atoms with Gasteiger partial charge in [0.2, 0.25) is 15.9 Å². The number of benzene rings is 2. The van der Waals surface area contributed by atoms with E-state index >= 15 is 0 Å². The average Bonchev–Trinajstić information content (AvgIpc) is 2.85. The predicted octanol–water partition coefficient (Wildman–Crippen LogP) is 3.10. The number of hydrogen-bond donors (Lipinski definition) is 3. The molecule has 4 N–H and O–H groups in total. The van der Waals surface area contributed by atoms with Crippen LogP contribution in [-0.2, 0) is 16.2 Å². The number of pyridine rings is 1. The van der Waals surface area contributed by atoms with E-state index in [-0.39, 0.29) is 30.2 Å². The van der Waals surface area contributed by atoms with Crippen LogP contribution in [0.25, 0.3) is 11.1 Å². The van der Waals surface area contributed by atoms with E-state index in [1.54, 1.807) is 36.4 Å². The molecule has 1 amide bonds. The first-order chi connectivity index (χ1) is 16.9. The largest absolute Gasteiger partial charge is 0.417 e. The summed E-state index contributed by atoms with van der Waals surface area (Å²) in [7, 11) is -3.90. The van der Waals surface area contributed by atoms with Gasteiger partial charge >= 0.3 is 6.18 Å². The maximum Gasteiger partial charge on any atom is 0.417 e. The molecule has 0 unspecified atom stereocenters. The number of primary amides is 1. The number of hydrogen-bond acceptors (Lipinski definition) is 6. The van der Waals surface area contributed by atoms with Crippen molar-refractivity contribution in [1.82, 2.24) is 9.29 Å². The first-order valence-corrected chi connectivity index (χ1v) is 12.4. The minimum atomic E-state index is -4.50. The van der Waals surface area contributed by atoms with E-state index in [4.69, 9.17) is 5.73 Å². The lowest BCUT2D eigenvalue weighted by Crippen LogP contribution is -2.51. The molecule has 0 aliphatic carbocycles. The van der Waals surface area contributed by atoms with E-state index < -0.39 is 39.8 Å². The van der Waals surface area contributed by atoms with Gasteiger partial charge < -0.3 is 16.2 Å². The smallest absolute Gasteiger partial charge is 0.390 e. The summed E-state index contributed by atoms with van der Waals surface area (Å²) in [5, 5.41) is 13.4. The zero-order chi connectivity index (χ0) is 26.1. The molecule has 1 aliphatic rings. The summed E-state index contributed by atoms with van der Waals surface area (Å²) in [6, 6.07) is 14.3. The topological polar surface area (TPSA) is 126 Å². The SMILES string of the molecule is NC(=O)c1cccc(-c2ccc(S(=O)(=O)N3CC[C@@H](Nc4ccc(C(F)(F)F)cn4)[C@@H](O)C3)cc2)c1. The maximum absolute atomic E-state index is 13.1. The predicted molar refractivity (Wildman–Crippen MR) is 126 cm³/mol. The summed E-state index contributed by atoms with van der Waals surface area (Å²) >= 11 is 0. The van der Waals surface area contributed by atoms with Crippen LogP contribution in [0.3, 0.4) is 0 Å². The zero-order valence-electron chi connectivity index (χ0n) is 18.8. The van der Waals surface area contributed by atoms with E-state index in [9.17, 15) is 31.5 Å². The van der Waals surface area contributed by atoms with Crippen molar-refractivity contribution in [3.8, 4) is 11.1 Å². The molecule has 2 aromatic carbocycles. The Morgan fingerprint density at radius 3 is 2.39 bits per heavy atom.